The molecule has 38 heavy (non-hydrogen) atoms. The molecule has 4 atom stereocenters. The first-order chi connectivity index (χ1) is 18.4. The molecule has 0 unspecified atom stereocenters. The van der Waals surface area contributed by atoms with Crippen molar-refractivity contribution in [3.8, 4) is 0 Å². The third kappa shape index (κ3) is 13.0. The predicted octanol–water partition coefficient (Wildman–Crippen LogP) is 5.81. The molecule has 0 bridgehead atoms. The largest absolute Gasteiger partial charge is 0.460 e. The average Bonchev–Trinajstić information content (AvgIpc) is 3.59. The number of oxazole rings is 2. The molecule has 2 rings (SSSR count). The van der Waals surface area contributed by atoms with E-state index in [-0.39, 0.29) is 24.6 Å². The summed E-state index contributed by atoms with van der Waals surface area (Å²) in [4.78, 5) is 20.1. The molecule has 216 valence electrons. The van der Waals surface area contributed by atoms with Crippen molar-refractivity contribution in [3.63, 3.8) is 0 Å². The second-order valence-electron chi connectivity index (χ2n) is 10.3. The number of rotatable bonds is 22. The van der Waals surface area contributed by atoms with Gasteiger partial charge in [0.25, 0.3) is 0 Å². The quantitative estimate of drug-likeness (QED) is 0.126. The number of hydrogen-bond acceptors (Lipinski definition) is 9. The molecule has 0 radical (unpaired) electrons. The molecule has 0 aliphatic carbocycles. The Morgan fingerprint density at radius 1 is 0.921 bits per heavy atom. The van der Waals surface area contributed by atoms with Crippen LogP contribution in [0.1, 0.15) is 134 Å². The fourth-order valence-electron chi connectivity index (χ4n) is 4.46. The van der Waals surface area contributed by atoms with Gasteiger partial charge in [-0.15, -0.1) is 0 Å². The summed E-state index contributed by atoms with van der Waals surface area (Å²) in [6, 6.07) is 0. The van der Waals surface area contributed by atoms with Gasteiger partial charge in [0.15, 0.2) is 12.2 Å². The smallest absolute Gasteiger partial charge is 0.306 e. The molecule has 0 amide bonds. The number of aliphatic hydroxyl groups is 3. The van der Waals surface area contributed by atoms with Crippen LogP contribution in [0.25, 0.3) is 0 Å². The standard InChI is InChI=1S/C29H48N2O7/c1-3-4-5-6-7-8-9-10-11-12-13-14-15-16-28(34)37-22(2)29(35)25(33)18-24(32)26-20-31-27(38-26)17-23-19-30-21-36-23/h19-22,24-25,29,32-33,35H,3-18H2,1-2H3/t22-,24+,25-,29+/m0/s1. The maximum atomic E-state index is 12.2. The van der Waals surface area contributed by atoms with E-state index in [0.717, 1.165) is 19.3 Å². The van der Waals surface area contributed by atoms with Gasteiger partial charge in [0.1, 0.15) is 24.1 Å². The van der Waals surface area contributed by atoms with E-state index >= 15 is 0 Å². The van der Waals surface area contributed by atoms with E-state index in [0.29, 0.717) is 18.1 Å². The molecular weight excluding hydrogens is 488 g/mol. The molecule has 2 aromatic rings. The molecule has 2 aromatic heterocycles. The Morgan fingerprint density at radius 3 is 2.11 bits per heavy atom. The van der Waals surface area contributed by atoms with Gasteiger partial charge in [-0.1, -0.05) is 84.0 Å². The number of carbonyl (C=O) groups is 1. The van der Waals surface area contributed by atoms with Crippen molar-refractivity contribution in [2.45, 2.75) is 141 Å². The van der Waals surface area contributed by atoms with Crippen LogP contribution in [0.4, 0.5) is 0 Å². The summed E-state index contributed by atoms with van der Waals surface area (Å²) < 4.78 is 16.0. The highest BCUT2D eigenvalue weighted by atomic mass is 16.6. The first kappa shape index (κ1) is 32.0. The molecule has 3 N–H and O–H groups in total. The van der Waals surface area contributed by atoms with Crippen molar-refractivity contribution in [2.24, 2.45) is 0 Å². The summed E-state index contributed by atoms with van der Waals surface area (Å²) >= 11 is 0. The summed E-state index contributed by atoms with van der Waals surface area (Å²) in [6.07, 6.45) is 15.9. The Morgan fingerprint density at radius 2 is 1.53 bits per heavy atom. The van der Waals surface area contributed by atoms with E-state index in [9.17, 15) is 20.1 Å². The van der Waals surface area contributed by atoms with Gasteiger partial charge < -0.3 is 28.9 Å². The number of ether oxygens (including phenoxy) is 1. The molecule has 0 saturated carbocycles. The number of hydrogen-bond donors (Lipinski definition) is 3. The van der Waals surface area contributed by atoms with Gasteiger partial charge >= 0.3 is 5.97 Å². The first-order valence-corrected chi connectivity index (χ1v) is 14.5. The molecule has 0 saturated heterocycles. The second-order valence-corrected chi connectivity index (χ2v) is 10.3. The van der Waals surface area contributed by atoms with Crippen LogP contribution in [0.2, 0.25) is 0 Å². The number of nitrogens with zero attached hydrogens (tertiary/aromatic N) is 2. The second kappa shape index (κ2) is 18.9. The minimum absolute atomic E-state index is 0.165. The van der Waals surface area contributed by atoms with Gasteiger partial charge in [-0.25, -0.2) is 9.97 Å². The van der Waals surface area contributed by atoms with E-state index in [2.05, 4.69) is 16.9 Å². The summed E-state index contributed by atoms with van der Waals surface area (Å²) in [5, 5.41) is 31.1. The molecule has 0 fully saturated rings. The highest BCUT2D eigenvalue weighted by molar-refractivity contribution is 5.69. The van der Waals surface area contributed by atoms with Crippen LogP contribution in [-0.4, -0.2) is 49.6 Å². The topological polar surface area (TPSA) is 139 Å². The number of aromatic nitrogens is 2. The monoisotopic (exact) mass is 536 g/mol. The SMILES string of the molecule is CCCCCCCCCCCCCCCC(=O)O[C@@H](C)[C@@H](O)[C@@H](O)C[C@@H](O)c1cnc(Cc2cnco2)o1. The van der Waals surface area contributed by atoms with Crippen LogP contribution in [0.5, 0.6) is 0 Å². The highest BCUT2D eigenvalue weighted by Crippen LogP contribution is 2.23. The lowest BCUT2D eigenvalue weighted by molar-refractivity contribution is -0.159. The zero-order valence-electron chi connectivity index (χ0n) is 23.2. The Balaban J connectivity index is 1.53. The Labute approximate surface area is 227 Å². The number of unbranched alkanes of at least 4 members (excludes halogenated alkanes) is 12. The van der Waals surface area contributed by atoms with Crippen LogP contribution >= 0.6 is 0 Å². The molecule has 2 heterocycles. The Bertz CT molecular complexity index is 855. The van der Waals surface area contributed by atoms with Crippen molar-refractivity contribution >= 4 is 5.97 Å². The molecule has 9 heteroatoms. The molecule has 0 aliphatic rings. The van der Waals surface area contributed by atoms with Gasteiger partial charge in [0.2, 0.25) is 5.89 Å². The minimum Gasteiger partial charge on any atom is -0.460 e. The zero-order valence-corrected chi connectivity index (χ0v) is 23.2. The van der Waals surface area contributed by atoms with E-state index in [1.807, 2.05) is 0 Å². The van der Waals surface area contributed by atoms with E-state index in [1.54, 1.807) is 6.20 Å². The van der Waals surface area contributed by atoms with Crippen LogP contribution in [-0.2, 0) is 16.0 Å². The van der Waals surface area contributed by atoms with Gasteiger partial charge in [-0.05, 0) is 13.3 Å². The van der Waals surface area contributed by atoms with Crippen molar-refractivity contribution in [2.75, 3.05) is 0 Å². The van der Waals surface area contributed by atoms with E-state index < -0.39 is 24.4 Å². The Kier molecular flexibility index (Phi) is 15.9. The number of aliphatic hydroxyl groups excluding tert-OH is 3. The highest BCUT2D eigenvalue weighted by Gasteiger charge is 2.29. The van der Waals surface area contributed by atoms with Gasteiger partial charge in [-0.2, -0.15) is 0 Å². The lowest BCUT2D eigenvalue weighted by Crippen LogP contribution is -2.39. The lowest BCUT2D eigenvalue weighted by atomic mass is 10.0. The number of carbonyl (C=O) groups excluding carboxylic acids is 1. The zero-order chi connectivity index (χ0) is 27.6. The van der Waals surface area contributed by atoms with Crippen LogP contribution in [0.15, 0.2) is 27.6 Å². The van der Waals surface area contributed by atoms with Crippen molar-refractivity contribution in [3.05, 3.63) is 36.2 Å². The summed E-state index contributed by atoms with van der Waals surface area (Å²) in [7, 11) is 0. The van der Waals surface area contributed by atoms with Gasteiger partial charge in [0, 0.05) is 12.8 Å². The molecule has 9 nitrogen and oxygen atoms in total. The fourth-order valence-corrected chi connectivity index (χ4v) is 4.46. The van der Waals surface area contributed by atoms with Gasteiger partial charge in [-0.3, -0.25) is 4.79 Å². The van der Waals surface area contributed by atoms with Crippen LogP contribution in [0, 0.1) is 0 Å². The first-order valence-electron chi connectivity index (χ1n) is 14.5. The minimum atomic E-state index is -1.34. The Hall–Kier alpha value is -2.23. The molecular formula is C29H48N2O7. The molecule has 0 aromatic carbocycles. The van der Waals surface area contributed by atoms with E-state index in [1.165, 1.54) is 83.7 Å². The summed E-state index contributed by atoms with van der Waals surface area (Å²) in [6.45, 7) is 3.78. The van der Waals surface area contributed by atoms with Crippen molar-refractivity contribution in [1.29, 1.82) is 0 Å². The number of esters is 1. The third-order valence-electron chi connectivity index (χ3n) is 6.85. The normalized spacial score (nSPS) is 14.8. The van der Waals surface area contributed by atoms with E-state index in [4.69, 9.17) is 13.6 Å². The maximum Gasteiger partial charge on any atom is 0.306 e. The van der Waals surface area contributed by atoms with Crippen LogP contribution in [0.3, 0.4) is 0 Å². The summed E-state index contributed by atoms with van der Waals surface area (Å²) in [5.74, 6) is 0.677. The predicted molar refractivity (Wildman–Crippen MR) is 143 cm³/mol. The lowest BCUT2D eigenvalue weighted by Gasteiger charge is -2.25. The third-order valence-corrected chi connectivity index (χ3v) is 6.85. The van der Waals surface area contributed by atoms with Crippen molar-refractivity contribution < 1.29 is 33.7 Å². The summed E-state index contributed by atoms with van der Waals surface area (Å²) in [5.41, 5.74) is 0. The average molecular weight is 537 g/mol. The molecule has 0 aliphatic heterocycles. The fraction of sp³-hybridized carbons (Fsp3) is 0.759. The van der Waals surface area contributed by atoms with Gasteiger partial charge in [0.05, 0.1) is 24.9 Å². The van der Waals surface area contributed by atoms with Crippen molar-refractivity contribution in [1.82, 2.24) is 9.97 Å². The van der Waals surface area contributed by atoms with Crippen LogP contribution < -0.4 is 0 Å². The molecule has 0 spiro atoms. The maximum absolute atomic E-state index is 12.2.